The maximum absolute atomic E-state index is 11.6. The predicted octanol–water partition coefficient (Wildman–Crippen LogP) is 2.94. The van der Waals surface area contributed by atoms with Crippen LogP contribution in [0.3, 0.4) is 0 Å². The Labute approximate surface area is 130 Å². The summed E-state index contributed by atoms with van der Waals surface area (Å²) in [5.41, 5.74) is 4.19. The lowest BCUT2D eigenvalue weighted by Gasteiger charge is -2.48. The molecule has 2 saturated heterocycles. The number of pyridine rings is 1. The second-order valence-corrected chi connectivity index (χ2v) is 6.92. The van der Waals surface area contributed by atoms with E-state index in [-0.39, 0.29) is 6.04 Å². The van der Waals surface area contributed by atoms with Gasteiger partial charge in [0.2, 0.25) is 0 Å². The van der Waals surface area contributed by atoms with E-state index in [1.807, 2.05) is 18.3 Å². The van der Waals surface area contributed by atoms with Gasteiger partial charge in [0, 0.05) is 36.6 Å². The van der Waals surface area contributed by atoms with Crippen LogP contribution < -0.4 is 0 Å². The van der Waals surface area contributed by atoms with Crippen molar-refractivity contribution in [1.82, 2.24) is 9.88 Å². The Bertz CT molecular complexity index is 812. The number of aromatic nitrogens is 1. The maximum Gasteiger partial charge on any atom is 0.107 e. The lowest BCUT2D eigenvalue weighted by Crippen LogP contribution is -2.51. The van der Waals surface area contributed by atoms with Crippen LogP contribution in [0.4, 0.5) is 0 Å². The first-order valence-corrected chi connectivity index (χ1v) is 8.22. The molecule has 1 aromatic carbocycles. The first kappa shape index (κ1) is 12.8. The summed E-state index contributed by atoms with van der Waals surface area (Å²) in [6.45, 7) is 4.13. The van der Waals surface area contributed by atoms with E-state index in [4.69, 9.17) is 0 Å². The van der Waals surface area contributed by atoms with E-state index in [0.29, 0.717) is 5.92 Å². The van der Waals surface area contributed by atoms with Crippen LogP contribution in [-0.4, -0.2) is 34.1 Å². The fourth-order valence-corrected chi connectivity index (χ4v) is 5.01. The second-order valence-electron chi connectivity index (χ2n) is 6.92. The molecule has 3 nitrogen and oxygen atoms in total. The molecule has 3 aliphatic rings. The van der Waals surface area contributed by atoms with Crippen LogP contribution in [0.5, 0.6) is 0 Å². The highest BCUT2D eigenvalue weighted by Crippen LogP contribution is 2.55. The molecule has 0 saturated carbocycles. The van der Waals surface area contributed by atoms with Gasteiger partial charge in [0.25, 0.3) is 0 Å². The Morgan fingerprint density at radius 1 is 1.36 bits per heavy atom. The van der Waals surface area contributed by atoms with Gasteiger partial charge in [-0.1, -0.05) is 29.8 Å². The molecule has 3 heteroatoms. The summed E-state index contributed by atoms with van der Waals surface area (Å²) < 4.78 is 0. The molecule has 22 heavy (non-hydrogen) atoms. The number of benzene rings is 1. The van der Waals surface area contributed by atoms with Crippen molar-refractivity contribution < 1.29 is 5.11 Å². The smallest absolute Gasteiger partial charge is 0.107 e. The van der Waals surface area contributed by atoms with Crippen LogP contribution >= 0.6 is 0 Å². The third kappa shape index (κ3) is 1.41. The number of fused-ring (bicyclic) bond motifs is 6. The van der Waals surface area contributed by atoms with Crippen LogP contribution in [0.1, 0.15) is 36.8 Å². The normalized spacial score (nSPS) is 35.1. The highest BCUT2D eigenvalue weighted by Gasteiger charge is 2.56. The minimum Gasteiger partial charge on any atom is -0.383 e. The van der Waals surface area contributed by atoms with Crippen molar-refractivity contribution in [3.63, 3.8) is 0 Å². The number of allylic oxidation sites excluding steroid dienone is 1. The van der Waals surface area contributed by atoms with E-state index in [0.717, 1.165) is 42.4 Å². The zero-order valence-corrected chi connectivity index (χ0v) is 12.8. The Kier molecular flexibility index (Phi) is 2.43. The molecule has 0 amide bonds. The Hall–Kier alpha value is -1.71. The summed E-state index contributed by atoms with van der Waals surface area (Å²) >= 11 is 0. The van der Waals surface area contributed by atoms with E-state index in [1.165, 1.54) is 11.1 Å². The summed E-state index contributed by atoms with van der Waals surface area (Å²) in [5, 5.41) is 12.7. The van der Waals surface area contributed by atoms with Gasteiger partial charge in [-0.15, -0.1) is 0 Å². The number of aliphatic hydroxyl groups is 1. The van der Waals surface area contributed by atoms with Crippen LogP contribution in [0.15, 0.2) is 42.1 Å². The molecule has 5 rings (SSSR count). The zero-order chi connectivity index (χ0) is 14.9. The van der Waals surface area contributed by atoms with Crippen molar-refractivity contribution in [1.29, 1.82) is 0 Å². The Balaban J connectivity index is 1.88. The fourth-order valence-electron chi connectivity index (χ4n) is 5.01. The molecular weight excluding hydrogens is 272 g/mol. The van der Waals surface area contributed by atoms with E-state index in [9.17, 15) is 5.11 Å². The lowest BCUT2D eigenvalue weighted by molar-refractivity contribution is -0.0195. The minimum absolute atomic E-state index is 0.263. The van der Waals surface area contributed by atoms with E-state index >= 15 is 0 Å². The fraction of sp³-hybridized carbons (Fsp3) is 0.421. The van der Waals surface area contributed by atoms with Crippen molar-refractivity contribution in [2.24, 2.45) is 0 Å². The van der Waals surface area contributed by atoms with E-state index in [2.05, 4.69) is 35.0 Å². The van der Waals surface area contributed by atoms with Crippen LogP contribution in [0, 0.1) is 0 Å². The van der Waals surface area contributed by atoms with Gasteiger partial charge in [0.15, 0.2) is 0 Å². The second kappa shape index (κ2) is 4.18. The monoisotopic (exact) mass is 292 g/mol. The van der Waals surface area contributed by atoms with Gasteiger partial charge in [-0.2, -0.15) is 0 Å². The summed E-state index contributed by atoms with van der Waals surface area (Å²) in [5.74, 6) is 0.428. The third-order valence-corrected chi connectivity index (χ3v) is 6.05. The molecule has 2 fully saturated rings. The van der Waals surface area contributed by atoms with Gasteiger partial charge in [-0.25, -0.2) is 0 Å². The van der Waals surface area contributed by atoms with Crippen molar-refractivity contribution in [3.8, 4) is 0 Å². The lowest BCUT2D eigenvalue weighted by atomic mass is 9.66. The van der Waals surface area contributed by atoms with Gasteiger partial charge in [0.1, 0.15) is 5.60 Å². The molecule has 1 aliphatic carbocycles. The predicted molar refractivity (Wildman–Crippen MR) is 86.7 cm³/mol. The number of hydrogen-bond acceptors (Lipinski definition) is 3. The highest BCUT2D eigenvalue weighted by molar-refractivity contribution is 5.85. The van der Waals surface area contributed by atoms with Gasteiger partial charge < -0.3 is 5.11 Å². The average Bonchev–Trinajstić information content (AvgIpc) is 2.92. The molecule has 3 heterocycles. The van der Waals surface area contributed by atoms with Gasteiger partial charge in [0.05, 0.1) is 5.52 Å². The van der Waals surface area contributed by atoms with E-state index in [1.54, 1.807) is 0 Å². The number of piperidine rings is 1. The summed E-state index contributed by atoms with van der Waals surface area (Å²) in [6, 6.07) is 8.51. The summed E-state index contributed by atoms with van der Waals surface area (Å²) in [7, 11) is 0. The molecule has 0 radical (unpaired) electrons. The van der Waals surface area contributed by atoms with Crippen LogP contribution in [0.2, 0.25) is 0 Å². The number of rotatable bonds is 0. The SMILES string of the molecule is CC=C1CN2CCC3(O)c4c(cnc5ccccc45)C1CC23. The van der Waals surface area contributed by atoms with Gasteiger partial charge >= 0.3 is 0 Å². The minimum atomic E-state index is -0.701. The highest BCUT2D eigenvalue weighted by atomic mass is 16.3. The summed E-state index contributed by atoms with van der Waals surface area (Å²) in [6.07, 6.45) is 6.15. The largest absolute Gasteiger partial charge is 0.383 e. The molecule has 2 aromatic rings. The standard InChI is InChI=1S/C19H20N2O/c1-2-12-11-21-8-7-19(22)17(21)9-14(12)15-10-20-16-6-4-3-5-13(16)18(15)19/h2-6,10,14,17,22H,7-9,11H2,1H3. The third-order valence-electron chi connectivity index (χ3n) is 6.05. The zero-order valence-electron chi connectivity index (χ0n) is 12.8. The van der Waals surface area contributed by atoms with Crippen molar-refractivity contribution >= 4 is 10.9 Å². The Morgan fingerprint density at radius 3 is 3.09 bits per heavy atom. The molecule has 112 valence electrons. The van der Waals surface area contributed by atoms with Crippen molar-refractivity contribution in [2.75, 3.05) is 13.1 Å². The van der Waals surface area contributed by atoms with E-state index < -0.39 is 5.60 Å². The topological polar surface area (TPSA) is 36.4 Å². The van der Waals surface area contributed by atoms with Crippen molar-refractivity contribution in [2.45, 2.75) is 37.3 Å². The van der Waals surface area contributed by atoms with Crippen molar-refractivity contribution in [3.05, 3.63) is 53.2 Å². The first-order valence-electron chi connectivity index (χ1n) is 8.22. The number of para-hydroxylation sites is 1. The Morgan fingerprint density at radius 2 is 2.23 bits per heavy atom. The maximum atomic E-state index is 11.6. The average molecular weight is 292 g/mol. The molecule has 1 N–H and O–H groups in total. The first-order chi connectivity index (χ1) is 10.7. The van der Waals surface area contributed by atoms with Gasteiger partial charge in [-0.05, 0) is 37.0 Å². The molecular formula is C19H20N2O. The molecule has 0 spiro atoms. The number of nitrogens with zero attached hydrogens (tertiary/aromatic N) is 2. The number of hydrogen-bond donors (Lipinski definition) is 1. The molecule has 1 aromatic heterocycles. The quantitative estimate of drug-likeness (QED) is 0.758. The van der Waals surface area contributed by atoms with Crippen LogP contribution in [0.25, 0.3) is 10.9 Å². The molecule has 2 aliphatic heterocycles. The van der Waals surface area contributed by atoms with Crippen LogP contribution in [-0.2, 0) is 5.60 Å². The molecule has 3 unspecified atom stereocenters. The molecule has 2 bridgehead atoms. The molecule has 3 atom stereocenters. The van der Waals surface area contributed by atoms with Gasteiger partial charge in [-0.3, -0.25) is 9.88 Å². The summed E-state index contributed by atoms with van der Waals surface area (Å²) in [4.78, 5) is 7.15.